The quantitative estimate of drug-likeness (QED) is 0.00694. The zero-order chi connectivity index (χ0) is 92.7. The van der Waals surface area contributed by atoms with Gasteiger partial charge in [-0.25, -0.2) is 24.0 Å². The highest BCUT2D eigenvalue weighted by Crippen LogP contribution is 2.46. The van der Waals surface area contributed by atoms with Gasteiger partial charge in [0.1, 0.15) is 45.4 Å². The van der Waals surface area contributed by atoms with Gasteiger partial charge in [-0.3, -0.25) is 0 Å². The number of benzene rings is 12. The molecule has 672 valence electrons. The summed E-state index contributed by atoms with van der Waals surface area (Å²) in [7, 11) is 0. The smallest absolute Gasteiger partial charge is 0.407 e. The molecule has 0 saturated heterocycles. The van der Waals surface area contributed by atoms with Crippen molar-refractivity contribution in [2.75, 3.05) is 79.2 Å². The molecule has 130 heavy (non-hydrogen) atoms. The average Bonchev–Trinajstić information content (AvgIpc) is 0.783. The van der Waals surface area contributed by atoms with E-state index in [1.807, 2.05) is 176 Å². The molecule has 0 spiro atoms. The second-order valence-electron chi connectivity index (χ2n) is 28.9. The summed E-state index contributed by atoms with van der Waals surface area (Å²) in [5.41, 5.74) is 4.56. The number of alkyl carbamates (subject to hydrolysis) is 2. The predicted octanol–water partition coefficient (Wildman–Crippen LogP) is 16.0. The standard InChI is InChI=1S/C27H29O4PS.C27H29O3PS.C26H26NO4PS.C25H24NO4PS/c1-22(2)27(28)31-19-18-29-16-17-30-21-23-10-9-15-26(20-23)32(33,24-11-5-3-6-12-24)25-13-7-4-8-14-25;1-3-23(2)30-20-19-28-17-18-29-22-24-11-10-16-27(21-24)31(32,25-12-6-4-7-13-25)26-14-8-5-9-15-26;1-20(2)25(28)30-17-16-27-26(29)31-19-21-10-9-15-24(18-21)32(33,22-11-5-3-6-12-22)23-13-7-4-8-14-23;1-2-24(27)29-17-16-26-25(28)30-19-20-10-9-15-23(18-20)31(32,21-11-5-3-6-12-21)22-13-7-4-8-14-22/h3-15,20H,1,16-19,21H2,2H3;3-16,21H,1-2,17-20,22H2;3-15,18H,1,16-17,19H2,2H3,(H,27,29);2-15,18H,1,16-17,19H2,(H,26,28). The first-order valence-corrected chi connectivity index (χ1v) is 53.1. The molecule has 17 nitrogen and oxygen atoms in total. The number of hydrogen-bond acceptors (Lipinski definition) is 19. The van der Waals surface area contributed by atoms with E-state index in [9.17, 15) is 24.0 Å². The van der Waals surface area contributed by atoms with Gasteiger partial charge in [-0.15, -0.1) is 0 Å². The summed E-state index contributed by atoms with van der Waals surface area (Å²) in [4.78, 5) is 57.6. The summed E-state index contributed by atoms with van der Waals surface area (Å²) in [6.07, 6.45) is 1.47. The van der Waals surface area contributed by atoms with Crippen molar-refractivity contribution in [2.45, 2.75) is 40.3 Å². The van der Waals surface area contributed by atoms with Crippen molar-refractivity contribution in [3.8, 4) is 0 Å². The molecule has 0 atom stereocenters. The second kappa shape index (κ2) is 54.9. The first-order chi connectivity index (χ1) is 63.1. The van der Waals surface area contributed by atoms with Crippen molar-refractivity contribution in [1.29, 1.82) is 0 Å². The molecule has 2 N–H and O–H groups in total. The Bertz CT molecular complexity index is 5700. The molecule has 0 aliphatic carbocycles. The number of ether oxygens (including phenoxy) is 10. The number of carbonyl (C=O) groups excluding carboxylic acids is 5. The number of rotatable bonds is 43. The number of hydrogen-bond donors (Lipinski definition) is 2. The molecular formula is C105H108N2O15P4S4. The molecule has 2 amide bonds. The third-order valence-electron chi connectivity index (χ3n) is 19.4. The van der Waals surface area contributed by atoms with Gasteiger partial charge in [0, 0.05) is 41.4 Å². The van der Waals surface area contributed by atoms with Gasteiger partial charge in [0.2, 0.25) is 0 Å². The molecule has 0 fully saturated rings. The number of esters is 3. The number of nitrogens with one attached hydrogen (secondary N) is 2. The fourth-order valence-corrected chi connectivity index (χ4v) is 28.0. The van der Waals surface area contributed by atoms with Crippen molar-refractivity contribution in [1.82, 2.24) is 10.6 Å². The van der Waals surface area contributed by atoms with Crippen molar-refractivity contribution < 1.29 is 71.3 Å². The van der Waals surface area contributed by atoms with Crippen molar-refractivity contribution in [2.24, 2.45) is 0 Å². The molecular weight excluding hydrogens is 1780 g/mol. The van der Waals surface area contributed by atoms with E-state index in [0.717, 1.165) is 65.5 Å². The zero-order valence-electron chi connectivity index (χ0n) is 72.9. The molecule has 25 heteroatoms. The maximum Gasteiger partial charge on any atom is 0.407 e. The first kappa shape index (κ1) is 102. The summed E-state index contributed by atoms with van der Waals surface area (Å²) in [6, 6.07) is 106. The Balaban J connectivity index is 0.000000195. The van der Waals surface area contributed by atoms with Gasteiger partial charge in [-0.2, -0.15) is 0 Å². The van der Waals surface area contributed by atoms with E-state index in [0.29, 0.717) is 76.4 Å². The van der Waals surface area contributed by atoms with Crippen molar-refractivity contribution >= 4 is 165 Å². The minimum Gasteiger partial charge on any atom is -0.492 e. The summed E-state index contributed by atoms with van der Waals surface area (Å²) < 4.78 is 53.3. The topological polar surface area (TPSA) is 202 Å². The average molecular weight is 1890 g/mol. The lowest BCUT2D eigenvalue weighted by Gasteiger charge is -2.24. The molecule has 0 aliphatic rings. The first-order valence-electron chi connectivity index (χ1n) is 41.8. The van der Waals surface area contributed by atoms with Crippen LogP contribution in [0.1, 0.15) is 36.1 Å². The third kappa shape index (κ3) is 31.4. The van der Waals surface area contributed by atoms with Crippen LogP contribution in [0.5, 0.6) is 0 Å². The monoisotopic (exact) mass is 1890 g/mol. The van der Waals surface area contributed by atoms with E-state index >= 15 is 0 Å². The van der Waals surface area contributed by atoms with Crippen LogP contribution in [0.4, 0.5) is 9.59 Å². The van der Waals surface area contributed by atoms with E-state index < -0.39 is 54.2 Å². The Morgan fingerprint density at radius 2 is 0.500 bits per heavy atom. The van der Waals surface area contributed by atoms with Crippen LogP contribution in [0, 0.1) is 0 Å². The van der Waals surface area contributed by atoms with Gasteiger partial charge >= 0.3 is 30.1 Å². The van der Waals surface area contributed by atoms with E-state index in [1.165, 1.54) is 26.5 Å². The summed E-state index contributed by atoms with van der Waals surface area (Å²) in [5.74, 6) is -0.878. The highest BCUT2D eigenvalue weighted by molar-refractivity contribution is 8.27. The summed E-state index contributed by atoms with van der Waals surface area (Å²) in [5, 5.41) is 18.6. The largest absolute Gasteiger partial charge is 0.492 e. The van der Waals surface area contributed by atoms with Gasteiger partial charge < -0.3 is 58.0 Å². The van der Waals surface area contributed by atoms with Crippen LogP contribution < -0.4 is 74.3 Å². The molecule has 0 aromatic heterocycles. The SMILES string of the molecule is C=C(C)C(=O)OCCNC(=O)OCc1cccc(P(=S)(c2ccccc2)c2ccccc2)c1.C=C(C)C(=O)OCCOCCOCc1cccc(P(=S)(c2ccccc2)c2ccccc2)c1.C=CC(=C)OCCOCCOCc1cccc(P(=S)(c2ccccc2)c2ccccc2)c1.C=CC(=O)OCCNC(=O)OCc1cccc(P(=S)(c2ccccc2)c2ccccc2)c1. The Morgan fingerprint density at radius 1 is 0.269 bits per heavy atom. The fourth-order valence-electron chi connectivity index (χ4n) is 12.9. The van der Waals surface area contributed by atoms with Crippen LogP contribution in [-0.4, -0.2) is 109 Å². The van der Waals surface area contributed by atoms with E-state index in [4.69, 9.17) is 94.6 Å². The predicted molar refractivity (Wildman–Crippen MR) is 545 cm³/mol. The molecule has 0 unspecified atom stereocenters. The summed E-state index contributed by atoms with van der Waals surface area (Å²) in [6.45, 7) is 25.8. The summed E-state index contributed by atoms with van der Waals surface area (Å²) >= 11 is 25.5. The highest BCUT2D eigenvalue weighted by atomic mass is 32.5. The van der Waals surface area contributed by atoms with Gasteiger partial charge in [0.05, 0.1) is 65.9 Å². The number of carbonyl (C=O) groups is 5. The maximum atomic E-state index is 12.0. The molecule has 12 rings (SSSR count). The lowest BCUT2D eigenvalue weighted by Crippen LogP contribution is -2.29. The Morgan fingerprint density at radius 3 is 0.762 bits per heavy atom. The zero-order valence-corrected chi connectivity index (χ0v) is 79.7. The number of amides is 2. The lowest BCUT2D eigenvalue weighted by molar-refractivity contribution is -0.141. The van der Waals surface area contributed by atoms with Crippen LogP contribution in [-0.2, 0) is 135 Å². The van der Waals surface area contributed by atoms with E-state index in [2.05, 4.69) is 207 Å². The van der Waals surface area contributed by atoms with E-state index in [1.54, 1.807) is 19.9 Å². The molecule has 0 aliphatic heterocycles. The third-order valence-corrected chi connectivity index (χ3v) is 39.2. The maximum absolute atomic E-state index is 12.0. The fraction of sp³-hybridized carbons (Fsp3) is 0.171. The van der Waals surface area contributed by atoms with Gasteiger partial charge in [0.15, 0.2) is 0 Å². The molecule has 12 aromatic rings. The second-order valence-corrected chi connectivity index (χ2v) is 46.5. The van der Waals surface area contributed by atoms with Gasteiger partial charge in [-0.05, 0) is 130 Å². The highest BCUT2D eigenvalue weighted by Gasteiger charge is 2.30. The Hall–Kier alpha value is -11.5. The van der Waals surface area contributed by atoms with Gasteiger partial charge in [-0.1, -0.05) is 396 Å². The normalized spacial score (nSPS) is 11.0. The molecule has 0 saturated carbocycles. The molecule has 0 bridgehead atoms. The molecule has 0 radical (unpaired) electrons. The molecule has 0 heterocycles. The van der Waals surface area contributed by atoms with Crippen LogP contribution >= 0.6 is 24.2 Å². The lowest BCUT2D eigenvalue weighted by atomic mass is 10.2. The Labute approximate surface area is 784 Å². The van der Waals surface area contributed by atoms with Crippen LogP contribution in [0.3, 0.4) is 0 Å². The van der Waals surface area contributed by atoms with Crippen LogP contribution in [0.2, 0.25) is 0 Å². The minimum absolute atomic E-state index is 0.0482. The van der Waals surface area contributed by atoms with Crippen LogP contribution in [0.15, 0.2) is 402 Å². The Kier molecular flexibility index (Phi) is 43.2. The molecule has 12 aromatic carbocycles. The minimum atomic E-state index is -2.27. The van der Waals surface area contributed by atoms with Crippen LogP contribution in [0.25, 0.3) is 0 Å². The van der Waals surface area contributed by atoms with Gasteiger partial charge in [0.25, 0.3) is 0 Å². The van der Waals surface area contributed by atoms with Crippen molar-refractivity contribution in [3.05, 3.63) is 424 Å². The van der Waals surface area contributed by atoms with Crippen molar-refractivity contribution in [3.63, 3.8) is 0 Å². The number of allylic oxidation sites excluding steroid dienone is 1. The van der Waals surface area contributed by atoms with E-state index in [-0.39, 0.29) is 46.1 Å².